The minimum Gasteiger partial charge on any atom is -0.444 e. The zero-order chi connectivity index (χ0) is 15.3. The van der Waals surface area contributed by atoms with Gasteiger partial charge in [0.05, 0.1) is 0 Å². The van der Waals surface area contributed by atoms with Crippen molar-refractivity contribution in [3.05, 3.63) is 29.3 Å². The highest BCUT2D eigenvalue weighted by Gasteiger charge is 2.22. The van der Waals surface area contributed by atoms with Crippen molar-refractivity contribution in [3.8, 4) is 5.75 Å². The van der Waals surface area contributed by atoms with Crippen molar-refractivity contribution < 1.29 is 19.1 Å². The first-order valence-electron chi connectivity index (χ1n) is 6.14. The number of carbonyl (C=O) groups excluding carboxylic acids is 2. The van der Waals surface area contributed by atoms with E-state index in [1.807, 2.05) is 0 Å². The standard InChI is InChI=1S/C14H18ClNO4/c1-9(16-13(18)20-14(2,3)4)12(17)19-11-7-5-10(15)6-8-11/h5-9H,1-4H3,(H,16,18). The van der Waals surface area contributed by atoms with Gasteiger partial charge in [0.1, 0.15) is 17.4 Å². The number of halogens is 1. The summed E-state index contributed by atoms with van der Waals surface area (Å²) in [5.74, 6) is -0.226. The molecule has 0 aromatic heterocycles. The van der Waals surface area contributed by atoms with E-state index in [0.717, 1.165) is 0 Å². The average Bonchev–Trinajstić information content (AvgIpc) is 2.29. The number of amides is 1. The van der Waals surface area contributed by atoms with Gasteiger partial charge in [0.2, 0.25) is 0 Å². The lowest BCUT2D eigenvalue weighted by atomic mass is 10.2. The molecule has 1 unspecified atom stereocenters. The fraction of sp³-hybridized carbons (Fsp3) is 0.429. The SMILES string of the molecule is CC(NC(=O)OC(C)(C)C)C(=O)Oc1ccc(Cl)cc1. The minimum absolute atomic E-state index is 0.359. The second kappa shape index (κ2) is 6.61. The first-order valence-corrected chi connectivity index (χ1v) is 6.52. The number of hydrogen-bond donors (Lipinski definition) is 1. The average molecular weight is 300 g/mol. The van der Waals surface area contributed by atoms with Gasteiger partial charge < -0.3 is 14.8 Å². The van der Waals surface area contributed by atoms with Gasteiger partial charge in [-0.2, -0.15) is 0 Å². The van der Waals surface area contributed by atoms with E-state index in [9.17, 15) is 9.59 Å². The molecule has 5 nitrogen and oxygen atoms in total. The molecule has 0 heterocycles. The second-order valence-electron chi connectivity index (χ2n) is 5.24. The van der Waals surface area contributed by atoms with Gasteiger partial charge in [-0.3, -0.25) is 0 Å². The molecule has 0 radical (unpaired) electrons. The molecule has 1 aromatic carbocycles. The van der Waals surface area contributed by atoms with E-state index in [2.05, 4.69) is 5.32 Å². The molecule has 0 aliphatic heterocycles. The zero-order valence-corrected chi connectivity index (χ0v) is 12.7. The van der Waals surface area contributed by atoms with Crippen LogP contribution in [0.5, 0.6) is 5.75 Å². The van der Waals surface area contributed by atoms with E-state index in [0.29, 0.717) is 10.8 Å². The summed E-state index contributed by atoms with van der Waals surface area (Å²) < 4.78 is 10.1. The van der Waals surface area contributed by atoms with Crippen LogP contribution in [-0.4, -0.2) is 23.7 Å². The van der Waals surface area contributed by atoms with Gasteiger partial charge >= 0.3 is 12.1 Å². The molecule has 1 aromatic rings. The Kier molecular flexibility index (Phi) is 5.39. The van der Waals surface area contributed by atoms with E-state index in [4.69, 9.17) is 21.1 Å². The van der Waals surface area contributed by atoms with E-state index in [1.165, 1.54) is 6.92 Å². The fourth-order valence-corrected chi connectivity index (χ4v) is 1.38. The quantitative estimate of drug-likeness (QED) is 0.688. The van der Waals surface area contributed by atoms with Gasteiger partial charge in [-0.15, -0.1) is 0 Å². The Bertz CT molecular complexity index is 479. The van der Waals surface area contributed by atoms with Crippen molar-refractivity contribution in [2.45, 2.75) is 39.3 Å². The number of rotatable bonds is 3. The van der Waals surface area contributed by atoms with E-state index >= 15 is 0 Å². The fourth-order valence-electron chi connectivity index (χ4n) is 1.25. The number of esters is 1. The molecule has 1 atom stereocenters. The largest absolute Gasteiger partial charge is 0.444 e. The molecule has 20 heavy (non-hydrogen) atoms. The van der Waals surface area contributed by atoms with Crippen LogP contribution in [0.2, 0.25) is 5.02 Å². The van der Waals surface area contributed by atoms with Crippen molar-refractivity contribution in [1.29, 1.82) is 0 Å². The highest BCUT2D eigenvalue weighted by atomic mass is 35.5. The number of alkyl carbamates (subject to hydrolysis) is 1. The lowest BCUT2D eigenvalue weighted by molar-refractivity contribution is -0.136. The predicted octanol–water partition coefficient (Wildman–Crippen LogP) is 3.16. The molecular formula is C14H18ClNO4. The van der Waals surface area contributed by atoms with Gasteiger partial charge in [-0.1, -0.05) is 11.6 Å². The predicted molar refractivity (Wildman–Crippen MR) is 75.9 cm³/mol. The summed E-state index contributed by atoms with van der Waals surface area (Å²) in [6.07, 6.45) is -0.668. The van der Waals surface area contributed by atoms with Crippen molar-refractivity contribution in [1.82, 2.24) is 5.32 Å². The van der Waals surface area contributed by atoms with Crippen molar-refractivity contribution in [3.63, 3.8) is 0 Å². The minimum atomic E-state index is -0.819. The maximum Gasteiger partial charge on any atom is 0.408 e. The molecule has 1 amide bonds. The Morgan fingerprint density at radius 1 is 1.20 bits per heavy atom. The summed E-state index contributed by atoms with van der Waals surface area (Å²) in [6, 6.07) is 5.54. The smallest absolute Gasteiger partial charge is 0.408 e. The van der Waals surface area contributed by atoms with Crippen molar-refractivity contribution in [2.24, 2.45) is 0 Å². The number of benzene rings is 1. The van der Waals surface area contributed by atoms with Crippen LogP contribution in [0.1, 0.15) is 27.7 Å². The van der Waals surface area contributed by atoms with Gasteiger partial charge in [0.25, 0.3) is 0 Å². The Balaban J connectivity index is 2.51. The molecular weight excluding hydrogens is 282 g/mol. The topological polar surface area (TPSA) is 64.6 Å². The molecule has 110 valence electrons. The Morgan fingerprint density at radius 3 is 2.25 bits per heavy atom. The van der Waals surface area contributed by atoms with Crippen LogP contribution in [0, 0.1) is 0 Å². The zero-order valence-electron chi connectivity index (χ0n) is 11.9. The highest BCUT2D eigenvalue weighted by molar-refractivity contribution is 6.30. The molecule has 0 aliphatic rings. The third-order valence-corrected chi connectivity index (χ3v) is 2.37. The molecule has 0 saturated carbocycles. The number of ether oxygens (including phenoxy) is 2. The van der Waals surface area contributed by atoms with Gasteiger partial charge in [0.15, 0.2) is 0 Å². The van der Waals surface area contributed by atoms with Gasteiger partial charge in [0, 0.05) is 5.02 Å². The maximum absolute atomic E-state index is 11.8. The molecule has 0 spiro atoms. The van der Waals surface area contributed by atoms with Crippen LogP contribution in [0.25, 0.3) is 0 Å². The van der Waals surface area contributed by atoms with Crippen LogP contribution in [-0.2, 0) is 9.53 Å². The van der Waals surface area contributed by atoms with Crippen LogP contribution < -0.4 is 10.1 Å². The normalized spacial score (nSPS) is 12.4. The summed E-state index contributed by atoms with van der Waals surface area (Å²) in [5, 5.41) is 2.95. The van der Waals surface area contributed by atoms with E-state index in [1.54, 1.807) is 45.0 Å². The van der Waals surface area contributed by atoms with Crippen LogP contribution in [0.15, 0.2) is 24.3 Å². The summed E-state index contributed by atoms with van der Waals surface area (Å²) in [4.78, 5) is 23.3. The molecule has 0 saturated heterocycles. The molecule has 0 fully saturated rings. The summed E-state index contributed by atoms with van der Waals surface area (Å²) in [7, 11) is 0. The van der Waals surface area contributed by atoms with Crippen molar-refractivity contribution >= 4 is 23.7 Å². The van der Waals surface area contributed by atoms with E-state index < -0.39 is 23.7 Å². The van der Waals surface area contributed by atoms with Gasteiger partial charge in [-0.25, -0.2) is 9.59 Å². The summed E-state index contributed by atoms with van der Waals surface area (Å²) in [6.45, 7) is 6.73. The molecule has 0 aliphatic carbocycles. The lowest BCUT2D eigenvalue weighted by Gasteiger charge is -2.21. The summed E-state index contributed by atoms with van der Waals surface area (Å²) in [5.41, 5.74) is -0.621. The Hall–Kier alpha value is -1.75. The first-order chi connectivity index (χ1) is 9.17. The second-order valence-corrected chi connectivity index (χ2v) is 5.68. The van der Waals surface area contributed by atoms with Gasteiger partial charge in [-0.05, 0) is 52.0 Å². The monoisotopic (exact) mass is 299 g/mol. The van der Waals surface area contributed by atoms with Crippen LogP contribution in [0.4, 0.5) is 4.79 Å². The molecule has 0 bridgehead atoms. The third kappa shape index (κ3) is 5.93. The molecule has 6 heteroatoms. The summed E-state index contributed by atoms with van der Waals surface area (Å²) >= 11 is 5.73. The Labute approximate surface area is 123 Å². The van der Waals surface area contributed by atoms with E-state index in [-0.39, 0.29) is 0 Å². The number of hydrogen-bond acceptors (Lipinski definition) is 4. The lowest BCUT2D eigenvalue weighted by Crippen LogP contribution is -2.43. The number of nitrogens with one attached hydrogen (secondary N) is 1. The number of carbonyl (C=O) groups is 2. The third-order valence-electron chi connectivity index (χ3n) is 2.12. The molecule has 1 N–H and O–H groups in total. The molecule has 1 rings (SSSR count). The van der Waals surface area contributed by atoms with Crippen molar-refractivity contribution in [2.75, 3.05) is 0 Å². The van der Waals surface area contributed by atoms with Crippen LogP contribution in [0.3, 0.4) is 0 Å². The first kappa shape index (κ1) is 16.3. The highest BCUT2D eigenvalue weighted by Crippen LogP contribution is 2.16. The Morgan fingerprint density at radius 2 is 1.75 bits per heavy atom. The van der Waals surface area contributed by atoms with Crippen LogP contribution >= 0.6 is 11.6 Å². The maximum atomic E-state index is 11.8.